The van der Waals surface area contributed by atoms with Crippen LogP contribution in [0.15, 0.2) is 6.20 Å². The van der Waals surface area contributed by atoms with E-state index in [9.17, 15) is 0 Å². The maximum atomic E-state index is 5.28. The predicted molar refractivity (Wildman–Crippen MR) is 55.6 cm³/mol. The van der Waals surface area contributed by atoms with Gasteiger partial charge in [0.05, 0.1) is 6.20 Å². The summed E-state index contributed by atoms with van der Waals surface area (Å²) in [5.74, 6) is 3.26. The molecule has 0 atom stereocenters. The number of aromatic nitrogens is 4. The van der Waals surface area contributed by atoms with Crippen molar-refractivity contribution in [3.8, 4) is 18.2 Å². The van der Waals surface area contributed by atoms with Crippen LogP contribution >= 0.6 is 0 Å². The molecule has 0 saturated carbocycles. The number of nitrogens with one attached hydrogen (secondary N) is 2. The quantitative estimate of drug-likeness (QED) is 0.706. The molecule has 15 heavy (non-hydrogen) atoms. The molecular formula is C9H9N5O. The van der Waals surface area contributed by atoms with Crippen LogP contribution in [0.25, 0.3) is 11.0 Å². The Morgan fingerprint density at radius 2 is 2.47 bits per heavy atom. The van der Waals surface area contributed by atoms with E-state index >= 15 is 0 Å². The molecule has 0 saturated heterocycles. The van der Waals surface area contributed by atoms with Crippen LogP contribution in [0.3, 0.4) is 0 Å². The number of terminal acetylenes is 1. The summed E-state index contributed by atoms with van der Waals surface area (Å²) in [7, 11) is 1.72. The molecule has 2 rings (SSSR count). The molecule has 0 aliphatic heterocycles. The number of hydrogen-bond acceptors (Lipinski definition) is 5. The molecule has 2 aromatic heterocycles. The van der Waals surface area contributed by atoms with Crippen LogP contribution < -0.4 is 10.1 Å². The van der Waals surface area contributed by atoms with Gasteiger partial charge in [0.2, 0.25) is 11.8 Å². The van der Waals surface area contributed by atoms with Crippen molar-refractivity contribution in [1.29, 1.82) is 0 Å². The summed E-state index contributed by atoms with van der Waals surface area (Å²) in [5, 5.41) is 10.1. The minimum absolute atomic E-state index is 0.167. The van der Waals surface area contributed by atoms with Crippen LogP contribution in [0.1, 0.15) is 0 Å². The first-order valence-corrected chi connectivity index (χ1v) is 4.30. The molecule has 2 aromatic rings. The highest BCUT2D eigenvalue weighted by atomic mass is 16.5. The minimum atomic E-state index is 0.167. The Bertz CT molecular complexity index is 513. The Hall–Kier alpha value is -2.29. The van der Waals surface area contributed by atoms with Gasteiger partial charge in [0.25, 0.3) is 0 Å². The zero-order valence-electron chi connectivity index (χ0n) is 8.11. The zero-order chi connectivity index (χ0) is 10.7. The highest BCUT2D eigenvalue weighted by molar-refractivity contribution is 5.80. The monoisotopic (exact) mass is 203 g/mol. The third-order valence-corrected chi connectivity index (χ3v) is 1.79. The highest BCUT2D eigenvalue weighted by Crippen LogP contribution is 2.21. The maximum absolute atomic E-state index is 5.28. The van der Waals surface area contributed by atoms with Gasteiger partial charge in [-0.2, -0.15) is 15.1 Å². The molecule has 0 unspecified atom stereocenters. The van der Waals surface area contributed by atoms with Crippen molar-refractivity contribution in [3.05, 3.63) is 6.20 Å². The van der Waals surface area contributed by atoms with E-state index in [1.54, 1.807) is 13.2 Å². The maximum Gasteiger partial charge on any atom is 0.230 e. The average Bonchev–Trinajstić information content (AvgIpc) is 2.73. The number of ether oxygens (including phenoxy) is 1. The summed E-state index contributed by atoms with van der Waals surface area (Å²) in [6.07, 6.45) is 6.71. The number of hydrogen-bond donors (Lipinski definition) is 2. The van der Waals surface area contributed by atoms with Gasteiger partial charge < -0.3 is 10.1 Å². The Morgan fingerprint density at radius 1 is 1.60 bits per heavy atom. The second-order valence-corrected chi connectivity index (χ2v) is 2.73. The fourth-order valence-electron chi connectivity index (χ4n) is 1.14. The molecule has 0 amide bonds. The molecular weight excluding hydrogens is 194 g/mol. The zero-order valence-corrected chi connectivity index (χ0v) is 8.11. The standard InChI is InChI=1S/C9H9N5O/c1-3-4-15-8-6-5-11-14-7(6)12-9(10-2)13-8/h1,5H,4H2,2H3,(H2,10,11,12,13,14). The Labute approximate surface area is 86.1 Å². The number of H-pyrrole nitrogens is 1. The van der Waals surface area contributed by atoms with E-state index in [2.05, 4.69) is 31.4 Å². The van der Waals surface area contributed by atoms with Crippen LogP contribution in [-0.4, -0.2) is 33.8 Å². The number of anilines is 1. The lowest BCUT2D eigenvalue weighted by atomic mass is 10.4. The molecule has 2 N–H and O–H groups in total. The van der Waals surface area contributed by atoms with E-state index in [0.29, 0.717) is 22.9 Å². The van der Waals surface area contributed by atoms with Gasteiger partial charge >= 0.3 is 0 Å². The van der Waals surface area contributed by atoms with E-state index in [1.165, 1.54) is 0 Å². The van der Waals surface area contributed by atoms with Gasteiger partial charge in [-0.3, -0.25) is 5.10 Å². The molecule has 0 spiro atoms. The normalized spacial score (nSPS) is 9.87. The number of aromatic amines is 1. The van der Waals surface area contributed by atoms with Gasteiger partial charge in [0.1, 0.15) is 5.39 Å². The van der Waals surface area contributed by atoms with E-state index in [4.69, 9.17) is 11.2 Å². The van der Waals surface area contributed by atoms with Crippen molar-refractivity contribution < 1.29 is 4.74 Å². The van der Waals surface area contributed by atoms with Gasteiger partial charge in [0.15, 0.2) is 12.3 Å². The number of fused-ring (bicyclic) bond motifs is 1. The minimum Gasteiger partial charge on any atom is -0.464 e. The molecule has 6 heteroatoms. The van der Waals surface area contributed by atoms with Crippen LogP contribution in [-0.2, 0) is 0 Å². The fraction of sp³-hybridized carbons (Fsp3) is 0.222. The molecule has 0 radical (unpaired) electrons. The molecule has 0 aliphatic carbocycles. The molecule has 0 fully saturated rings. The molecule has 0 bridgehead atoms. The van der Waals surface area contributed by atoms with Crippen molar-refractivity contribution in [3.63, 3.8) is 0 Å². The first kappa shape index (κ1) is 9.27. The topological polar surface area (TPSA) is 75.7 Å². The van der Waals surface area contributed by atoms with Gasteiger partial charge in [-0.05, 0) is 0 Å². The van der Waals surface area contributed by atoms with Crippen LogP contribution in [0.5, 0.6) is 5.88 Å². The molecule has 0 aliphatic rings. The summed E-state index contributed by atoms with van der Waals surface area (Å²) in [5.41, 5.74) is 0.612. The van der Waals surface area contributed by atoms with E-state index in [-0.39, 0.29) is 6.61 Å². The first-order valence-electron chi connectivity index (χ1n) is 4.30. The van der Waals surface area contributed by atoms with E-state index in [0.717, 1.165) is 0 Å². The van der Waals surface area contributed by atoms with E-state index < -0.39 is 0 Å². The Kier molecular flexibility index (Phi) is 2.37. The highest BCUT2D eigenvalue weighted by Gasteiger charge is 2.09. The molecule has 6 nitrogen and oxygen atoms in total. The largest absolute Gasteiger partial charge is 0.464 e. The van der Waals surface area contributed by atoms with Crippen molar-refractivity contribution in [2.24, 2.45) is 0 Å². The SMILES string of the molecule is C#CCOc1nc(NC)nc2[nH]ncc12. The van der Waals surface area contributed by atoms with Gasteiger partial charge in [0, 0.05) is 7.05 Å². The van der Waals surface area contributed by atoms with Crippen molar-refractivity contribution in [2.75, 3.05) is 19.0 Å². The summed E-state index contributed by atoms with van der Waals surface area (Å²) in [4.78, 5) is 8.28. The smallest absolute Gasteiger partial charge is 0.230 e. The predicted octanol–water partition coefficient (Wildman–Crippen LogP) is 0.407. The average molecular weight is 203 g/mol. The van der Waals surface area contributed by atoms with Gasteiger partial charge in [-0.25, -0.2) is 0 Å². The summed E-state index contributed by atoms with van der Waals surface area (Å²) in [6.45, 7) is 0.167. The Morgan fingerprint density at radius 3 is 3.20 bits per heavy atom. The molecule has 0 aromatic carbocycles. The second-order valence-electron chi connectivity index (χ2n) is 2.73. The third kappa shape index (κ3) is 1.67. The second kappa shape index (κ2) is 3.84. The lowest BCUT2D eigenvalue weighted by molar-refractivity contribution is 0.360. The van der Waals surface area contributed by atoms with E-state index in [1.807, 2.05) is 0 Å². The Balaban J connectivity index is 2.49. The van der Waals surface area contributed by atoms with Crippen molar-refractivity contribution >= 4 is 17.0 Å². The molecule has 2 heterocycles. The molecule has 76 valence electrons. The lowest BCUT2D eigenvalue weighted by Crippen LogP contribution is -2.01. The summed E-state index contributed by atoms with van der Waals surface area (Å²) in [6, 6.07) is 0. The van der Waals surface area contributed by atoms with Gasteiger partial charge in [-0.1, -0.05) is 5.92 Å². The van der Waals surface area contributed by atoms with Gasteiger partial charge in [-0.15, -0.1) is 6.42 Å². The number of rotatable bonds is 3. The third-order valence-electron chi connectivity index (χ3n) is 1.79. The summed E-state index contributed by atoms with van der Waals surface area (Å²) < 4.78 is 5.28. The number of nitrogens with zero attached hydrogens (tertiary/aromatic N) is 3. The van der Waals surface area contributed by atoms with Crippen molar-refractivity contribution in [2.45, 2.75) is 0 Å². The van der Waals surface area contributed by atoms with Crippen LogP contribution in [0, 0.1) is 12.3 Å². The fourth-order valence-corrected chi connectivity index (χ4v) is 1.14. The van der Waals surface area contributed by atoms with Crippen molar-refractivity contribution in [1.82, 2.24) is 20.2 Å². The van der Waals surface area contributed by atoms with Crippen LogP contribution in [0.2, 0.25) is 0 Å². The van der Waals surface area contributed by atoms with Crippen LogP contribution in [0.4, 0.5) is 5.95 Å². The summed E-state index contributed by atoms with van der Waals surface area (Å²) >= 11 is 0. The first-order chi connectivity index (χ1) is 7.35. The lowest BCUT2D eigenvalue weighted by Gasteiger charge is -2.04.